The quantitative estimate of drug-likeness (QED) is 0.699. The number of ether oxygens (including phenoxy) is 2. The second-order valence-corrected chi connectivity index (χ2v) is 9.04. The van der Waals surface area contributed by atoms with E-state index in [0.717, 1.165) is 35.5 Å². The molecule has 154 valence electrons. The summed E-state index contributed by atoms with van der Waals surface area (Å²) in [6.45, 7) is 9.14. The van der Waals surface area contributed by atoms with Gasteiger partial charge in [-0.2, -0.15) is 0 Å². The van der Waals surface area contributed by atoms with Crippen LogP contribution >= 0.6 is 0 Å². The standard InChI is InChI=1S/C25H31NO3/c1-24(2)13-14-25(3,4)21-19(24)15-20(28-5)18(22(21)29-6)12-9-16-7-10-17(11-8-16)23(26)27/h7-12,15H,13-14H2,1-6H3,(H2,26,27)/b12-9+. The fourth-order valence-corrected chi connectivity index (χ4v) is 4.22. The van der Waals surface area contributed by atoms with Crippen molar-refractivity contribution in [3.8, 4) is 11.5 Å². The van der Waals surface area contributed by atoms with Gasteiger partial charge in [0.05, 0.1) is 19.8 Å². The van der Waals surface area contributed by atoms with Crippen LogP contribution in [0.25, 0.3) is 12.2 Å². The highest BCUT2D eigenvalue weighted by Crippen LogP contribution is 2.52. The highest BCUT2D eigenvalue weighted by molar-refractivity contribution is 5.93. The Morgan fingerprint density at radius 2 is 1.59 bits per heavy atom. The third-order valence-corrected chi connectivity index (χ3v) is 6.12. The molecule has 1 aliphatic rings. The van der Waals surface area contributed by atoms with E-state index >= 15 is 0 Å². The summed E-state index contributed by atoms with van der Waals surface area (Å²) < 4.78 is 11.7. The van der Waals surface area contributed by atoms with Crippen LogP contribution in [0.4, 0.5) is 0 Å². The number of nitrogens with two attached hydrogens (primary N) is 1. The molecule has 0 atom stereocenters. The zero-order chi connectivity index (χ0) is 21.4. The smallest absolute Gasteiger partial charge is 0.248 e. The van der Waals surface area contributed by atoms with E-state index in [-0.39, 0.29) is 10.8 Å². The number of carbonyl (C=O) groups excluding carboxylic acids is 1. The third kappa shape index (κ3) is 3.89. The number of hydrogen-bond acceptors (Lipinski definition) is 3. The summed E-state index contributed by atoms with van der Waals surface area (Å²) in [5, 5.41) is 0. The first-order valence-electron chi connectivity index (χ1n) is 9.98. The van der Waals surface area contributed by atoms with Crippen molar-refractivity contribution in [3.63, 3.8) is 0 Å². The van der Waals surface area contributed by atoms with E-state index in [2.05, 4.69) is 33.8 Å². The second-order valence-electron chi connectivity index (χ2n) is 9.04. The Morgan fingerprint density at radius 1 is 0.966 bits per heavy atom. The predicted octanol–water partition coefficient (Wildman–Crippen LogP) is 5.32. The van der Waals surface area contributed by atoms with Crippen molar-refractivity contribution in [2.75, 3.05) is 14.2 Å². The highest BCUT2D eigenvalue weighted by atomic mass is 16.5. The van der Waals surface area contributed by atoms with Crippen molar-refractivity contribution in [3.05, 3.63) is 58.1 Å². The monoisotopic (exact) mass is 393 g/mol. The lowest BCUT2D eigenvalue weighted by atomic mass is 9.62. The van der Waals surface area contributed by atoms with Gasteiger partial charge in [0.1, 0.15) is 11.5 Å². The average Bonchev–Trinajstić information content (AvgIpc) is 2.69. The molecular formula is C25H31NO3. The van der Waals surface area contributed by atoms with Crippen LogP contribution in [0.15, 0.2) is 30.3 Å². The molecule has 3 rings (SSSR count). The van der Waals surface area contributed by atoms with Gasteiger partial charge in [0.25, 0.3) is 0 Å². The van der Waals surface area contributed by atoms with E-state index in [1.807, 2.05) is 24.3 Å². The third-order valence-electron chi connectivity index (χ3n) is 6.12. The first-order valence-corrected chi connectivity index (χ1v) is 9.98. The van der Waals surface area contributed by atoms with E-state index in [0.29, 0.717) is 5.56 Å². The Bertz CT molecular complexity index is 953. The van der Waals surface area contributed by atoms with Crippen LogP contribution in [-0.2, 0) is 10.8 Å². The normalized spacial score (nSPS) is 17.0. The lowest BCUT2D eigenvalue weighted by molar-refractivity contribution is 0.100. The van der Waals surface area contributed by atoms with Gasteiger partial charge in [0.15, 0.2) is 0 Å². The zero-order valence-corrected chi connectivity index (χ0v) is 18.3. The molecule has 0 unspecified atom stereocenters. The number of primary amides is 1. The summed E-state index contributed by atoms with van der Waals surface area (Å²) in [6, 6.07) is 9.39. The van der Waals surface area contributed by atoms with Gasteiger partial charge in [-0.3, -0.25) is 4.79 Å². The van der Waals surface area contributed by atoms with Crippen LogP contribution in [0.1, 0.15) is 73.1 Å². The van der Waals surface area contributed by atoms with E-state index in [1.54, 1.807) is 26.4 Å². The van der Waals surface area contributed by atoms with Gasteiger partial charge in [-0.15, -0.1) is 0 Å². The van der Waals surface area contributed by atoms with Crippen molar-refractivity contribution < 1.29 is 14.3 Å². The Kier molecular flexibility index (Phi) is 5.48. The Hall–Kier alpha value is -2.75. The molecule has 2 aromatic rings. The number of rotatable bonds is 5. The fourth-order valence-electron chi connectivity index (χ4n) is 4.22. The van der Waals surface area contributed by atoms with E-state index in [1.165, 1.54) is 11.1 Å². The van der Waals surface area contributed by atoms with Crippen LogP contribution in [0, 0.1) is 0 Å². The molecule has 4 nitrogen and oxygen atoms in total. The molecule has 2 N–H and O–H groups in total. The molecule has 2 aromatic carbocycles. The summed E-state index contributed by atoms with van der Waals surface area (Å²) in [4.78, 5) is 11.3. The van der Waals surface area contributed by atoms with Gasteiger partial charge in [0.2, 0.25) is 5.91 Å². The van der Waals surface area contributed by atoms with Crippen LogP contribution in [0.2, 0.25) is 0 Å². The van der Waals surface area contributed by atoms with Gasteiger partial charge < -0.3 is 15.2 Å². The number of methoxy groups -OCH3 is 2. The maximum atomic E-state index is 11.3. The average molecular weight is 394 g/mol. The predicted molar refractivity (Wildman–Crippen MR) is 119 cm³/mol. The minimum absolute atomic E-state index is 0.0220. The Labute approximate surface area is 173 Å². The van der Waals surface area contributed by atoms with Crippen molar-refractivity contribution in [2.24, 2.45) is 5.73 Å². The molecule has 0 spiro atoms. The van der Waals surface area contributed by atoms with Crippen LogP contribution < -0.4 is 15.2 Å². The van der Waals surface area contributed by atoms with Crippen molar-refractivity contribution in [1.29, 1.82) is 0 Å². The lowest BCUT2D eigenvalue weighted by Crippen LogP contribution is -2.34. The number of carbonyl (C=O) groups is 1. The summed E-state index contributed by atoms with van der Waals surface area (Å²) >= 11 is 0. The van der Waals surface area contributed by atoms with Crippen molar-refractivity contribution >= 4 is 18.1 Å². The lowest BCUT2D eigenvalue weighted by Gasteiger charge is -2.43. The second kappa shape index (κ2) is 7.58. The summed E-state index contributed by atoms with van der Waals surface area (Å²) in [5.74, 6) is 1.25. The number of fused-ring (bicyclic) bond motifs is 1. The Balaban J connectivity index is 2.15. The van der Waals surface area contributed by atoms with E-state index in [4.69, 9.17) is 15.2 Å². The summed E-state index contributed by atoms with van der Waals surface area (Å²) in [6.07, 6.45) is 6.25. The SMILES string of the molecule is COc1cc2c(c(OC)c1/C=C/c1ccc(C(N)=O)cc1)C(C)(C)CCC2(C)C. The van der Waals surface area contributed by atoms with Crippen molar-refractivity contribution in [1.82, 2.24) is 0 Å². The number of amides is 1. The van der Waals surface area contributed by atoms with Gasteiger partial charge in [0, 0.05) is 11.1 Å². The molecule has 0 saturated heterocycles. The van der Waals surface area contributed by atoms with E-state index < -0.39 is 5.91 Å². The van der Waals surface area contributed by atoms with Gasteiger partial charge in [-0.25, -0.2) is 0 Å². The fraction of sp³-hybridized carbons (Fsp3) is 0.400. The first kappa shape index (κ1) is 21.0. The molecule has 1 amide bonds. The largest absolute Gasteiger partial charge is 0.496 e. The molecule has 0 aromatic heterocycles. The molecule has 4 heteroatoms. The molecule has 1 aliphatic carbocycles. The summed E-state index contributed by atoms with van der Waals surface area (Å²) in [5.41, 5.74) is 10.4. The minimum atomic E-state index is -0.427. The van der Waals surface area contributed by atoms with E-state index in [9.17, 15) is 4.79 Å². The minimum Gasteiger partial charge on any atom is -0.496 e. The molecule has 29 heavy (non-hydrogen) atoms. The Morgan fingerprint density at radius 3 is 2.14 bits per heavy atom. The molecule has 0 aliphatic heterocycles. The molecule has 0 bridgehead atoms. The van der Waals surface area contributed by atoms with Gasteiger partial charge in [-0.05, 0) is 59.1 Å². The maximum absolute atomic E-state index is 11.3. The topological polar surface area (TPSA) is 61.6 Å². The maximum Gasteiger partial charge on any atom is 0.248 e. The molecule has 0 heterocycles. The van der Waals surface area contributed by atoms with Gasteiger partial charge in [-0.1, -0.05) is 45.9 Å². The molecule has 0 radical (unpaired) electrons. The van der Waals surface area contributed by atoms with Crippen molar-refractivity contribution in [2.45, 2.75) is 51.4 Å². The van der Waals surface area contributed by atoms with Crippen LogP contribution in [0.3, 0.4) is 0 Å². The van der Waals surface area contributed by atoms with Crippen LogP contribution in [-0.4, -0.2) is 20.1 Å². The highest BCUT2D eigenvalue weighted by Gasteiger charge is 2.40. The molecular weight excluding hydrogens is 362 g/mol. The molecule has 0 saturated carbocycles. The molecule has 0 fully saturated rings. The number of benzene rings is 2. The summed E-state index contributed by atoms with van der Waals surface area (Å²) in [7, 11) is 3.42. The zero-order valence-electron chi connectivity index (χ0n) is 18.3. The first-order chi connectivity index (χ1) is 13.6. The number of hydrogen-bond donors (Lipinski definition) is 1. The van der Waals surface area contributed by atoms with Gasteiger partial charge >= 0.3 is 0 Å². The van der Waals surface area contributed by atoms with Crippen LogP contribution in [0.5, 0.6) is 11.5 Å².